The fourth-order valence-electron chi connectivity index (χ4n) is 1.66. The van der Waals surface area contributed by atoms with Crippen molar-refractivity contribution in [1.29, 1.82) is 0 Å². The Kier molecular flexibility index (Phi) is 4.65. The van der Waals surface area contributed by atoms with Gasteiger partial charge in [0, 0.05) is 17.1 Å². The number of hydrogen-bond acceptors (Lipinski definition) is 3. The topological polar surface area (TPSA) is 21.3 Å². The minimum atomic E-state index is 0.779. The van der Waals surface area contributed by atoms with Crippen molar-refractivity contribution in [2.75, 3.05) is 11.9 Å². The quantitative estimate of drug-likeness (QED) is 0.829. The number of nitrogens with one attached hydrogen (secondary N) is 1. The molecule has 2 rings (SSSR count). The molecule has 0 radical (unpaired) electrons. The molecular formula is C15H19NOS. The molecule has 0 aliphatic rings. The van der Waals surface area contributed by atoms with Crippen LogP contribution in [0.3, 0.4) is 0 Å². The van der Waals surface area contributed by atoms with Crippen LogP contribution in [0.5, 0.6) is 5.75 Å². The molecule has 96 valence electrons. The van der Waals surface area contributed by atoms with Crippen molar-refractivity contribution in [3.63, 3.8) is 0 Å². The maximum atomic E-state index is 5.55. The number of ether oxygens (including phenoxy) is 1. The smallest absolute Gasteiger partial charge is 0.119 e. The first-order chi connectivity index (χ1) is 8.79. The molecule has 0 bridgehead atoms. The fourth-order valence-corrected chi connectivity index (χ4v) is 2.50. The normalized spacial score (nSPS) is 10.3. The second-order valence-electron chi connectivity index (χ2n) is 4.25. The highest BCUT2D eigenvalue weighted by molar-refractivity contribution is 7.10. The standard InChI is InChI=1S/C15H19NOS/c1-3-9-17-14-6-4-13(5-7-14)16-11-15-12(2)8-10-18-15/h4-8,10,16H,3,9,11H2,1-2H3. The Hall–Kier alpha value is -1.48. The molecule has 0 aliphatic heterocycles. The van der Waals surface area contributed by atoms with Gasteiger partial charge in [-0.15, -0.1) is 11.3 Å². The number of anilines is 1. The molecule has 0 spiro atoms. The maximum absolute atomic E-state index is 5.55. The van der Waals surface area contributed by atoms with E-state index in [1.54, 1.807) is 11.3 Å². The minimum Gasteiger partial charge on any atom is -0.494 e. The molecule has 0 aliphatic carbocycles. The van der Waals surface area contributed by atoms with E-state index in [0.29, 0.717) is 0 Å². The highest BCUT2D eigenvalue weighted by Crippen LogP contribution is 2.19. The maximum Gasteiger partial charge on any atom is 0.119 e. The lowest BCUT2D eigenvalue weighted by Crippen LogP contribution is -1.99. The zero-order valence-corrected chi connectivity index (χ0v) is 11.7. The van der Waals surface area contributed by atoms with E-state index in [4.69, 9.17) is 4.74 Å². The molecule has 1 aromatic heterocycles. The Morgan fingerprint density at radius 3 is 2.56 bits per heavy atom. The van der Waals surface area contributed by atoms with Crippen molar-refractivity contribution >= 4 is 17.0 Å². The summed E-state index contributed by atoms with van der Waals surface area (Å²) in [5, 5.41) is 5.56. The van der Waals surface area contributed by atoms with Crippen molar-refractivity contribution in [3.8, 4) is 5.75 Å². The van der Waals surface area contributed by atoms with Gasteiger partial charge in [0.15, 0.2) is 0 Å². The van der Waals surface area contributed by atoms with Crippen LogP contribution in [0.15, 0.2) is 35.7 Å². The van der Waals surface area contributed by atoms with Gasteiger partial charge in [-0.1, -0.05) is 6.92 Å². The highest BCUT2D eigenvalue weighted by Gasteiger charge is 2.00. The summed E-state index contributed by atoms with van der Waals surface area (Å²) < 4.78 is 5.55. The Bertz CT molecular complexity index is 475. The van der Waals surface area contributed by atoms with Gasteiger partial charge in [-0.05, 0) is 54.6 Å². The van der Waals surface area contributed by atoms with Crippen LogP contribution in [0.4, 0.5) is 5.69 Å². The number of rotatable bonds is 6. The first kappa shape index (κ1) is 13.0. The molecule has 3 heteroatoms. The van der Waals surface area contributed by atoms with E-state index in [1.165, 1.54) is 10.4 Å². The second kappa shape index (κ2) is 6.45. The Morgan fingerprint density at radius 2 is 1.94 bits per heavy atom. The molecule has 2 nitrogen and oxygen atoms in total. The van der Waals surface area contributed by atoms with Crippen LogP contribution in [0.1, 0.15) is 23.8 Å². The van der Waals surface area contributed by atoms with Crippen molar-refractivity contribution in [1.82, 2.24) is 0 Å². The van der Waals surface area contributed by atoms with Gasteiger partial charge in [0.25, 0.3) is 0 Å². The van der Waals surface area contributed by atoms with Gasteiger partial charge in [0.1, 0.15) is 5.75 Å². The third kappa shape index (κ3) is 3.50. The molecule has 1 heterocycles. The predicted octanol–water partition coefficient (Wildman–Crippen LogP) is 4.46. The van der Waals surface area contributed by atoms with Gasteiger partial charge in [-0.3, -0.25) is 0 Å². The lowest BCUT2D eigenvalue weighted by molar-refractivity contribution is 0.317. The average Bonchev–Trinajstić information content (AvgIpc) is 2.81. The van der Waals surface area contributed by atoms with Gasteiger partial charge in [-0.25, -0.2) is 0 Å². The van der Waals surface area contributed by atoms with E-state index in [0.717, 1.165) is 31.0 Å². The molecule has 0 amide bonds. The summed E-state index contributed by atoms with van der Waals surface area (Å²) in [6.07, 6.45) is 1.04. The van der Waals surface area contributed by atoms with Crippen molar-refractivity contribution in [2.45, 2.75) is 26.8 Å². The van der Waals surface area contributed by atoms with E-state index in [9.17, 15) is 0 Å². The van der Waals surface area contributed by atoms with E-state index < -0.39 is 0 Å². The monoisotopic (exact) mass is 261 g/mol. The van der Waals surface area contributed by atoms with Crippen molar-refractivity contribution < 1.29 is 4.74 Å². The number of benzene rings is 1. The van der Waals surface area contributed by atoms with Crippen LogP contribution in [0.2, 0.25) is 0 Å². The van der Waals surface area contributed by atoms with E-state index in [-0.39, 0.29) is 0 Å². The summed E-state index contributed by atoms with van der Waals surface area (Å²) >= 11 is 1.80. The highest BCUT2D eigenvalue weighted by atomic mass is 32.1. The molecule has 0 fully saturated rings. The Morgan fingerprint density at radius 1 is 1.17 bits per heavy atom. The molecule has 2 aromatic rings. The van der Waals surface area contributed by atoms with Gasteiger partial charge >= 0.3 is 0 Å². The van der Waals surface area contributed by atoms with Gasteiger partial charge < -0.3 is 10.1 Å². The first-order valence-corrected chi connectivity index (χ1v) is 7.17. The second-order valence-corrected chi connectivity index (χ2v) is 5.25. The first-order valence-electron chi connectivity index (χ1n) is 6.29. The third-order valence-corrected chi connectivity index (χ3v) is 3.77. The molecule has 1 aromatic carbocycles. The van der Waals surface area contributed by atoms with Crippen LogP contribution < -0.4 is 10.1 Å². The fraction of sp³-hybridized carbons (Fsp3) is 0.333. The van der Waals surface area contributed by atoms with Crippen molar-refractivity contribution in [3.05, 3.63) is 46.2 Å². The zero-order chi connectivity index (χ0) is 12.8. The SMILES string of the molecule is CCCOc1ccc(NCc2sccc2C)cc1. The summed E-state index contributed by atoms with van der Waals surface area (Å²) in [6, 6.07) is 10.3. The van der Waals surface area contributed by atoms with Crippen LogP contribution in [-0.4, -0.2) is 6.61 Å². The summed E-state index contributed by atoms with van der Waals surface area (Å²) in [5.41, 5.74) is 2.49. The molecule has 0 saturated heterocycles. The summed E-state index contributed by atoms with van der Waals surface area (Å²) in [4.78, 5) is 1.39. The summed E-state index contributed by atoms with van der Waals surface area (Å²) in [6.45, 7) is 5.92. The van der Waals surface area contributed by atoms with E-state index >= 15 is 0 Å². The van der Waals surface area contributed by atoms with Crippen LogP contribution in [-0.2, 0) is 6.54 Å². The molecule has 0 saturated carbocycles. The van der Waals surface area contributed by atoms with E-state index in [2.05, 4.69) is 42.7 Å². The summed E-state index contributed by atoms with van der Waals surface area (Å²) in [7, 11) is 0. The molecule has 18 heavy (non-hydrogen) atoms. The van der Waals surface area contributed by atoms with Crippen molar-refractivity contribution in [2.24, 2.45) is 0 Å². The Labute approximate surface area is 113 Å². The van der Waals surface area contributed by atoms with Gasteiger partial charge in [0.2, 0.25) is 0 Å². The minimum absolute atomic E-state index is 0.779. The third-order valence-electron chi connectivity index (χ3n) is 2.75. The summed E-state index contributed by atoms with van der Waals surface area (Å²) in [5.74, 6) is 0.940. The molecule has 0 atom stereocenters. The van der Waals surface area contributed by atoms with Crippen LogP contribution in [0, 0.1) is 6.92 Å². The molecule has 1 N–H and O–H groups in total. The largest absolute Gasteiger partial charge is 0.494 e. The van der Waals surface area contributed by atoms with E-state index in [1.807, 2.05) is 12.1 Å². The predicted molar refractivity (Wildman–Crippen MR) is 78.6 cm³/mol. The van der Waals surface area contributed by atoms with Crippen LogP contribution in [0.25, 0.3) is 0 Å². The molecule has 0 unspecified atom stereocenters. The lowest BCUT2D eigenvalue weighted by Gasteiger charge is -2.08. The Balaban J connectivity index is 1.88. The lowest BCUT2D eigenvalue weighted by atomic mass is 10.2. The zero-order valence-electron chi connectivity index (χ0n) is 10.9. The van der Waals surface area contributed by atoms with Gasteiger partial charge in [0.05, 0.1) is 6.61 Å². The number of aryl methyl sites for hydroxylation is 1. The van der Waals surface area contributed by atoms with Gasteiger partial charge in [-0.2, -0.15) is 0 Å². The number of thiophene rings is 1. The number of hydrogen-bond donors (Lipinski definition) is 1. The molecular weight excluding hydrogens is 242 g/mol. The average molecular weight is 261 g/mol. The van der Waals surface area contributed by atoms with Crippen LogP contribution >= 0.6 is 11.3 Å².